The van der Waals surface area contributed by atoms with Crippen molar-refractivity contribution >= 4 is 22.7 Å². The number of carbonyl (C=O) groups excluding carboxylic acids is 1. The number of benzene rings is 2. The molecule has 0 bridgehead atoms. The normalized spacial score (nSPS) is 12.3. The van der Waals surface area contributed by atoms with E-state index in [1.54, 1.807) is 26.0 Å². The van der Waals surface area contributed by atoms with Gasteiger partial charge in [0.15, 0.2) is 5.96 Å². The van der Waals surface area contributed by atoms with Crippen LogP contribution >= 0.6 is 0 Å². The van der Waals surface area contributed by atoms with Crippen LogP contribution in [0.15, 0.2) is 59.6 Å². The summed E-state index contributed by atoms with van der Waals surface area (Å²) in [6.45, 7) is 1.17. The summed E-state index contributed by atoms with van der Waals surface area (Å²) in [6.07, 6.45) is 0. The Balaban J connectivity index is 1.74. The molecule has 0 spiro atoms. The fraction of sp³-hybridized carbons (Fsp3) is 0.333. The van der Waals surface area contributed by atoms with Crippen LogP contribution in [0, 0.1) is 0 Å². The van der Waals surface area contributed by atoms with Crippen molar-refractivity contribution in [3.05, 3.63) is 71.3 Å². The molecular formula is C21H28N4O2S. The number of carbonyl (C=O) groups is 1. The Morgan fingerprint density at radius 2 is 1.68 bits per heavy atom. The van der Waals surface area contributed by atoms with Gasteiger partial charge in [0.1, 0.15) is 0 Å². The SMILES string of the molecule is CN=C(NCCS(=O)Cc1ccccc1)NCc1ccc(C(=O)N(C)C)cc1. The molecule has 0 aliphatic heterocycles. The first-order valence-electron chi connectivity index (χ1n) is 9.13. The van der Waals surface area contributed by atoms with Gasteiger partial charge in [-0.05, 0) is 23.3 Å². The molecule has 2 rings (SSSR count). The van der Waals surface area contributed by atoms with Crippen molar-refractivity contribution in [2.75, 3.05) is 33.4 Å². The summed E-state index contributed by atoms with van der Waals surface area (Å²) in [5, 5.41) is 6.41. The summed E-state index contributed by atoms with van der Waals surface area (Å²) in [4.78, 5) is 17.7. The Labute approximate surface area is 169 Å². The second-order valence-corrected chi connectivity index (χ2v) is 8.10. The van der Waals surface area contributed by atoms with Crippen LogP contribution < -0.4 is 10.6 Å². The van der Waals surface area contributed by atoms with Gasteiger partial charge in [-0.25, -0.2) is 0 Å². The highest BCUT2D eigenvalue weighted by molar-refractivity contribution is 7.84. The summed E-state index contributed by atoms with van der Waals surface area (Å²) in [5.74, 6) is 1.76. The zero-order valence-electron chi connectivity index (χ0n) is 16.6. The Morgan fingerprint density at radius 1 is 1.00 bits per heavy atom. The van der Waals surface area contributed by atoms with Crippen molar-refractivity contribution < 1.29 is 9.00 Å². The minimum absolute atomic E-state index is 0.0134. The Bertz CT molecular complexity index is 805. The molecule has 0 aliphatic rings. The predicted octanol–water partition coefficient (Wildman–Crippen LogP) is 2.00. The van der Waals surface area contributed by atoms with E-state index in [1.807, 2.05) is 54.6 Å². The highest BCUT2D eigenvalue weighted by atomic mass is 32.2. The number of nitrogens with zero attached hydrogens (tertiary/aromatic N) is 2. The van der Waals surface area contributed by atoms with Crippen LogP contribution in [-0.4, -0.2) is 54.4 Å². The van der Waals surface area contributed by atoms with Gasteiger partial charge in [0.25, 0.3) is 5.91 Å². The van der Waals surface area contributed by atoms with Crippen LogP contribution in [0.5, 0.6) is 0 Å². The van der Waals surface area contributed by atoms with Gasteiger partial charge in [-0.3, -0.25) is 14.0 Å². The lowest BCUT2D eigenvalue weighted by atomic mass is 10.1. The van der Waals surface area contributed by atoms with Crippen LogP contribution in [-0.2, 0) is 23.1 Å². The van der Waals surface area contributed by atoms with Crippen molar-refractivity contribution in [2.45, 2.75) is 12.3 Å². The lowest BCUT2D eigenvalue weighted by molar-refractivity contribution is 0.0827. The third kappa shape index (κ3) is 7.15. The number of nitrogens with one attached hydrogen (secondary N) is 2. The highest BCUT2D eigenvalue weighted by Gasteiger charge is 2.07. The van der Waals surface area contributed by atoms with Crippen molar-refractivity contribution in [3.63, 3.8) is 0 Å². The molecule has 0 aliphatic carbocycles. The zero-order chi connectivity index (χ0) is 20.4. The molecule has 6 nitrogen and oxygen atoms in total. The molecular weight excluding hydrogens is 372 g/mol. The summed E-state index contributed by atoms with van der Waals surface area (Å²) >= 11 is 0. The minimum atomic E-state index is -0.922. The van der Waals surface area contributed by atoms with Crippen molar-refractivity contribution in [3.8, 4) is 0 Å². The molecule has 150 valence electrons. The Morgan fingerprint density at radius 3 is 2.29 bits per heavy atom. The van der Waals surface area contributed by atoms with Crippen LogP contribution in [0.3, 0.4) is 0 Å². The summed E-state index contributed by atoms with van der Waals surface area (Å²) < 4.78 is 12.2. The fourth-order valence-electron chi connectivity index (χ4n) is 2.55. The first-order valence-corrected chi connectivity index (χ1v) is 10.6. The number of amides is 1. The third-order valence-corrected chi connectivity index (χ3v) is 5.40. The lowest BCUT2D eigenvalue weighted by Gasteiger charge is -2.13. The molecule has 0 saturated carbocycles. The fourth-order valence-corrected chi connectivity index (χ4v) is 3.58. The first-order chi connectivity index (χ1) is 13.5. The summed E-state index contributed by atoms with van der Waals surface area (Å²) in [6, 6.07) is 17.3. The van der Waals surface area contributed by atoms with E-state index in [0.29, 0.717) is 36.1 Å². The van der Waals surface area contributed by atoms with Crippen LogP contribution in [0.4, 0.5) is 0 Å². The number of hydrogen-bond acceptors (Lipinski definition) is 3. The van der Waals surface area contributed by atoms with Gasteiger partial charge in [0.05, 0.1) is 0 Å². The van der Waals surface area contributed by atoms with E-state index < -0.39 is 10.8 Å². The molecule has 0 aromatic heterocycles. The van der Waals surface area contributed by atoms with Crippen molar-refractivity contribution in [1.29, 1.82) is 0 Å². The van der Waals surface area contributed by atoms with E-state index in [2.05, 4.69) is 15.6 Å². The van der Waals surface area contributed by atoms with Gasteiger partial charge in [-0.2, -0.15) is 0 Å². The second-order valence-electron chi connectivity index (χ2n) is 6.52. The zero-order valence-corrected chi connectivity index (χ0v) is 17.5. The van der Waals surface area contributed by atoms with E-state index in [0.717, 1.165) is 11.1 Å². The molecule has 0 radical (unpaired) electrons. The topological polar surface area (TPSA) is 73.8 Å². The van der Waals surface area contributed by atoms with E-state index in [4.69, 9.17) is 0 Å². The number of guanidine groups is 1. The maximum Gasteiger partial charge on any atom is 0.253 e. The van der Waals surface area contributed by atoms with E-state index in [9.17, 15) is 9.00 Å². The maximum atomic E-state index is 12.2. The van der Waals surface area contributed by atoms with Gasteiger partial charge in [0, 0.05) is 62.1 Å². The number of aliphatic imine (C=N–C) groups is 1. The standard InChI is InChI=1S/C21H28N4O2S/c1-22-21(23-13-14-28(27)16-18-7-5-4-6-8-18)24-15-17-9-11-19(12-10-17)20(26)25(2)3/h4-12H,13-16H2,1-3H3,(H2,22,23,24). The largest absolute Gasteiger partial charge is 0.355 e. The van der Waals surface area contributed by atoms with Gasteiger partial charge in [-0.1, -0.05) is 42.5 Å². The summed E-state index contributed by atoms with van der Waals surface area (Å²) in [5.41, 5.74) is 2.79. The predicted molar refractivity (Wildman–Crippen MR) is 116 cm³/mol. The number of rotatable bonds is 8. The number of hydrogen-bond donors (Lipinski definition) is 2. The lowest BCUT2D eigenvalue weighted by Crippen LogP contribution is -2.38. The third-order valence-electron chi connectivity index (χ3n) is 4.08. The van der Waals surface area contributed by atoms with Gasteiger partial charge < -0.3 is 15.5 Å². The molecule has 1 amide bonds. The average Bonchev–Trinajstić information content (AvgIpc) is 2.71. The smallest absolute Gasteiger partial charge is 0.253 e. The van der Waals surface area contributed by atoms with Gasteiger partial charge in [0.2, 0.25) is 0 Å². The highest BCUT2D eigenvalue weighted by Crippen LogP contribution is 2.06. The monoisotopic (exact) mass is 400 g/mol. The molecule has 2 aromatic rings. The van der Waals surface area contributed by atoms with Gasteiger partial charge in [-0.15, -0.1) is 0 Å². The van der Waals surface area contributed by atoms with E-state index in [-0.39, 0.29) is 5.91 Å². The van der Waals surface area contributed by atoms with Crippen LogP contribution in [0.1, 0.15) is 21.5 Å². The molecule has 7 heteroatoms. The molecule has 28 heavy (non-hydrogen) atoms. The summed E-state index contributed by atoms with van der Waals surface area (Å²) in [7, 11) is 4.25. The molecule has 1 unspecified atom stereocenters. The van der Waals surface area contributed by atoms with Crippen LogP contribution in [0.2, 0.25) is 0 Å². The van der Waals surface area contributed by atoms with E-state index >= 15 is 0 Å². The van der Waals surface area contributed by atoms with Crippen LogP contribution in [0.25, 0.3) is 0 Å². The second kappa shape index (κ2) is 11.2. The first kappa shape index (κ1) is 21.6. The van der Waals surface area contributed by atoms with E-state index in [1.165, 1.54) is 0 Å². The Kier molecular flexibility index (Phi) is 8.68. The minimum Gasteiger partial charge on any atom is -0.355 e. The molecule has 2 N–H and O–H groups in total. The maximum absolute atomic E-state index is 12.2. The average molecular weight is 401 g/mol. The molecule has 0 fully saturated rings. The molecule has 0 heterocycles. The van der Waals surface area contributed by atoms with Gasteiger partial charge >= 0.3 is 0 Å². The van der Waals surface area contributed by atoms with Crippen molar-refractivity contribution in [2.24, 2.45) is 4.99 Å². The molecule has 0 saturated heterocycles. The molecule has 2 aromatic carbocycles. The Hall–Kier alpha value is -2.67. The quantitative estimate of drug-likeness (QED) is 0.525. The van der Waals surface area contributed by atoms with Crippen molar-refractivity contribution in [1.82, 2.24) is 15.5 Å². The molecule has 1 atom stereocenters.